The van der Waals surface area contributed by atoms with Crippen LogP contribution in [0.4, 0.5) is 0 Å². The van der Waals surface area contributed by atoms with Crippen LogP contribution in [0.1, 0.15) is 70.6 Å². The summed E-state index contributed by atoms with van der Waals surface area (Å²) in [5.41, 5.74) is 0.203. The minimum absolute atomic E-state index is 0.0593. The van der Waals surface area contributed by atoms with Gasteiger partial charge in [0.05, 0.1) is 19.6 Å². The first kappa shape index (κ1) is 18.0. The van der Waals surface area contributed by atoms with Crippen LogP contribution in [0.15, 0.2) is 12.2 Å². The first-order valence-corrected chi connectivity index (χ1v) is 9.15. The molecule has 0 saturated heterocycles. The molecule has 0 N–H and O–H groups in total. The molecule has 2 aliphatic carbocycles. The Bertz CT molecular complexity index is 404. The van der Waals surface area contributed by atoms with Gasteiger partial charge >= 0.3 is 11.9 Å². The maximum absolute atomic E-state index is 11.9. The topological polar surface area (TPSA) is 52.6 Å². The van der Waals surface area contributed by atoms with Gasteiger partial charge in [0.2, 0.25) is 0 Å². The van der Waals surface area contributed by atoms with Crippen LogP contribution in [0.5, 0.6) is 0 Å². The van der Waals surface area contributed by atoms with E-state index in [1.165, 1.54) is 38.5 Å². The van der Waals surface area contributed by atoms with Crippen LogP contribution in [0, 0.1) is 11.8 Å². The van der Waals surface area contributed by atoms with Crippen LogP contribution in [-0.2, 0) is 19.1 Å². The fourth-order valence-corrected chi connectivity index (χ4v) is 3.51. The summed E-state index contributed by atoms with van der Waals surface area (Å²) in [6.07, 6.45) is 11.9. The summed E-state index contributed by atoms with van der Waals surface area (Å²) in [5.74, 6) is 0.137. The molecule has 0 aromatic rings. The summed E-state index contributed by atoms with van der Waals surface area (Å²) >= 11 is 0. The highest BCUT2D eigenvalue weighted by Gasteiger charge is 2.20. The minimum atomic E-state index is -0.454. The smallest absolute Gasteiger partial charge is 0.333 e. The van der Waals surface area contributed by atoms with Crippen molar-refractivity contribution in [2.45, 2.75) is 70.6 Å². The predicted octanol–water partition coefficient (Wildman–Crippen LogP) is 4.18. The molecule has 0 heterocycles. The molecule has 0 radical (unpaired) electrons. The van der Waals surface area contributed by atoms with Crippen molar-refractivity contribution in [1.29, 1.82) is 0 Å². The molecule has 2 saturated carbocycles. The molecule has 0 aliphatic heterocycles. The van der Waals surface area contributed by atoms with Crippen LogP contribution in [0.25, 0.3) is 0 Å². The number of carbonyl (C=O) groups excluding carboxylic acids is 2. The lowest BCUT2D eigenvalue weighted by molar-refractivity contribution is -0.148. The molecule has 2 rings (SSSR count). The first-order valence-electron chi connectivity index (χ1n) is 9.15. The number of hydrogen-bond acceptors (Lipinski definition) is 4. The maximum Gasteiger partial charge on any atom is 0.333 e. The Morgan fingerprint density at radius 3 is 1.78 bits per heavy atom. The highest BCUT2D eigenvalue weighted by molar-refractivity contribution is 5.93. The number of ether oxygens (including phenoxy) is 2. The van der Waals surface area contributed by atoms with Crippen molar-refractivity contribution in [3.63, 3.8) is 0 Å². The van der Waals surface area contributed by atoms with Gasteiger partial charge in [-0.05, 0) is 37.5 Å². The summed E-state index contributed by atoms with van der Waals surface area (Å²) in [6, 6.07) is 0. The van der Waals surface area contributed by atoms with Crippen LogP contribution < -0.4 is 0 Å². The lowest BCUT2D eigenvalue weighted by Gasteiger charge is -2.21. The Morgan fingerprint density at radius 2 is 1.26 bits per heavy atom. The molecule has 0 aromatic heterocycles. The van der Waals surface area contributed by atoms with Crippen molar-refractivity contribution in [2.75, 3.05) is 13.2 Å². The Kier molecular flexibility index (Phi) is 7.63. The quantitative estimate of drug-likeness (QED) is 0.521. The van der Waals surface area contributed by atoms with E-state index in [4.69, 9.17) is 9.47 Å². The SMILES string of the molecule is C=C(CC(=O)OCC1CCCCC1)C(=O)OCC1CCCCC1. The summed E-state index contributed by atoms with van der Waals surface area (Å²) in [7, 11) is 0. The highest BCUT2D eigenvalue weighted by atomic mass is 16.5. The van der Waals surface area contributed by atoms with Crippen molar-refractivity contribution >= 4 is 11.9 Å². The molecule has 0 amide bonds. The molecular formula is C19H30O4. The number of esters is 2. The van der Waals surface area contributed by atoms with Gasteiger partial charge in [0.25, 0.3) is 0 Å². The third-order valence-electron chi connectivity index (χ3n) is 5.03. The second-order valence-corrected chi connectivity index (χ2v) is 7.07. The molecular weight excluding hydrogens is 292 g/mol. The molecule has 2 aliphatic rings. The monoisotopic (exact) mass is 322 g/mol. The van der Waals surface area contributed by atoms with Gasteiger partial charge in [-0.2, -0.15) is 0 Å². The summed E-state index contributed by atoms with van der Waals surface area (Å²) < 4.78 is 10.6. The van der Waals surface area contributed by atoms with Gasteiger partial charge in [0.1, 0.15) is 0 Å². The van der Waals surface area contributed by atoms with Crippen molar-refractivity contribution in [2.24, 2.45) is 11.8 Å². The summed E-state index contributed by atoms with van der Waals surface area (Å²) in [5, 5.41) is 0. The van der Waals surface area contributed by atoms with Gasteiger partial charge in [-0.1, -0.05) is 45.1 Å². The zero-order valence-corrected chi connectivity index (χ0v) is 14.2. The third kappa shape index (κ3) is 6.76. The molecule has 0 aromatic carbocycles. The fourth-order valence-electron chi connectivity index (χ4n) is 3.51. The molecule has 0 atom stereocenters. The summed E-state index contributed by atoms with van der Waals surface area (Å²) in [6.45, 7) is 4.61. The van der Waals surface area contributed by atoms with Crippen LogP contribution in [0.3, 0.4) is 0 Å². The molecule has 0 bridgehead atoms. The first-order chi connectivity index (χ1) is 11.1. The highest BCUT2D eigenvalue weighted by Crippen LogP contribution is 2.25. The molecule has 0 unspecified atom stereocenters. The molecule has 4 heteroatoms. The Balaban J connectivity index is 1.60. The van der Waals surface area contributed by atoms with Crippen LogP contribution in [0.2, 0.25) is 0 Å². The zero-order valence-electron chi connectivity index (χ0n) is 14.2. The average molecular weight is 322 g/mol. The molecule has 2 fully saturated rings. The van der Waals surface area contributed by atoms with Crippen LogP contribution in [-0.4, -0.2) is 25.2 Å². The second kappa shape index (κ2) is 9.74. The van der Waals surface area contributed by atoms with Gasteiger partial charge in [0.15, 0.2) is 0 Å². The van der Waals surface area contributed by atoms with Gasteiger partial charge in [-0.15, -0.1) is 0 Å². The number of hydrogen-bond donors (Lipinski definition) is 0. The van der Waals surface area contributed by atoms with E-state index in [0.717, 1.165) is 25.7 Å². The van der Waals surface area contributed by atoms with Gasteiger partial charge in [-0.25, -0.2) is 4.79 Å². The van der Waals surface area contributed by atoms with Crippen molar-refractivity contribution in [1.82, 2.24) is 0 Å². The van der Waals surface area contributed by atoms with Crippen molar-refractivity contribution in [3.05, 3.63) is 12.2 Å². The Morgan fingerprint density at radius 1 is 0.783 bits per heavy atom. The number of rotatable bonds is 7. The second-order valence-electron chi connectivity index (χ2n) is 7.07. The standard InChI is InChI=1S/C19H30O4/c1-15(19(21)23-14-17-10-6-3-7-11-17)12-18(20)22-13-16-8-4-2-5-9-16/h16-17H,1-14H2. The molecule has 130 valence electrons. The average Bonchev–Trinajstić information content (AvgIpc) is 2.59. The van der Waals surface area contributed by atoms with Crippen LogP contribution >= 0.6 is 0 Å². The van der Waals surface area contributed by atoms with E-state index in [2.05, 4.69) is 6.58 Å². The van der Waals surface area contributed by atoms with E-state index in [1.807, 2.05) is 0 Å². The molecule has 0 spiro atoms. The van der Waals surface area contributed by atoms with Gasteiger partial charge < -0.3 is 9.47 Å². The third-order valence-corrected chi connectivity index (χ3v) is 5.03. The number of carbonyl (C=O) groups is 2. The van der Waals surface area contributed by atoms with Gasteiger partial charge in [-0.3, -0.25) is 4.79 Å². The van der Waals surface area contributed by atoms with E-state index in [1.54, 1.807) is 0 Å². The normalized spacial score (nSPS) is 20.0. The Labute approximate surface area is 139 Å². The minimum Gasteiger partial charge on any atom is -0.465 e. The van der Waals surface area contributed by atoms with Gasteiger partial charge in [0, 0.05) is 5.57 Å². The lowest BCUT2D eigenvalue weighted by Crippen LogP contribution is -2.20. The maximum atomic E-state index is 11.9. The zero-order chi connectivity index (χ0) is 16.5. The Hall–Kier alpha value is -1.32. The fraction of sp³-hybridized carbons (Fsp3) is 0.789. The van der Waals surface area contributed by atoms with E-state index >= 15 is 0 Å². The van der Waals surface area contributed by atoms with E-state index in [9.17, 15) is 9.59 Å². The largest absolute Gasteiger partial charge is 0.465 e. The lowest BCUT2D eigenvalue weighted by atomic mass is 9.90. The van der Waals surface area contributed by atoms with Crippen molar-refractivity contribution in [3.8, 4) is 0 Å². The summed E-state index contributed by atoms with van der Waals surface area (Å²) in [4.78, 5) is 23.7. The predicted molar refractivity (Wildman–Crippen MR) is 88.8 cm³/mol. The van der Waals surface area contributed by atoms with Crippen molar-refractivity contribution < 1.29 is 19.1 Å². The van der Waals surface area contributed by atoms with E-state index < -0.39 is 5.97 Å². The van der Waals surface area contributed by atoms with E-state index in [-0.39, 0.29) is 18.0 Å². The molecule has 23 heavy (non-hydrogen) atoms. The molecule has 4 nitrogen and oxygen atoms in total. The van der Waals surface area contributed by atoms with E-state index in [0.29, 0.717) is 25.0 Å².